The van der Waals surface area contributed by atoms with Gasteiger partial charge in [0.25, 0.3) is 5.91 Å². The summed E-state index contributed by atoms with van der Waals surface area (Å²) >= 11 is 0. The molecule has 0 aliphatic carbocycles. The van der Waals surface area contributed by atoms with Crippen LogP contribution in [0.4, 0.5) is 14.9 Å². The number of hydrogen-bond acceptors (Lipinski definition) is 4. The fraction of sp³-hybridized carbons (Fsp3) is 0.333. The van der Waals surface area contributed by atoms with Gasteiger partial charge in [-0.15, -0.1) is 0 Å². The standard InChI is InChI=1S/C33H37FN4O4/c1-21-17-38(22(2)19-39)32(40)31-30(27-14-7-8-15-28(27)37(31)4)26-13-6-5-10-23(26)20-42-29(21)18-36(3)33(41)35-25-12-9-11-24(34)16-25/h5-16,21-22,29,39H,17-20H2,1-4H3,(H,35,41)/t21-,22+,29+/m0/s1. The van der Waals surface area contributed by atoms with Crippen molar-refractivity contribution in [3.05, 3.63) is 89.9 Å². The van der Waals surface area contributed by atoms with E-state index in [2.05, 4.69) is 5.32 Å². The molecule has 1 aliphatic rings. The number of para-hydroxylation sites is 1. The van der Waals surface area contributed by atoms with Gasteiger partial charge >= 0.3 is 6.03 Å². The molecule has 2 N–H and O–H groups in total. The van der Waals surface area contributed by atoms with Gasteiger partial charge in [-0.05, 0) is 42.3 Å². The number of carbonyl (C=O) groups excluding carboxylic acids is 2. The zero-order chi connectivity index (χ0) is 30.0. The number of likely N-dealkylation sites (N-methyl/N-ethyl adjacent to an activating group) is 1. The van der Waals surface area contributed by atoms with Crippen LogP contribution in [-0.2, 0) is 18.4 Å². The second-order valence-electron chi connectivity index (χ2n) is 11.1. The Morgan fingerprint density at radius 2 is 1.88 bits per heavy atom. The van der Waals surface area contributed by atoms with Crippen molar-refractivity contribution >= 4 is 28.5 Å². The number of urea groups is 1. The lowest BCUT2D eigenvalue weighted by molar-refractivity contribution is -0.0179. The molecular formula is C33H37FN4O4. The van der Waals surface area contributed by atoms with Crippen LogP contribution in [-0.4, -0.2) is 70.3 Å². The minimum absolute atomic E-state index is 0.176. The number of ether oxygens (including phenoxy) is 1. The number of aliphatic hydroxyl groups is 1. The van der Waals surface area contributed by atoms with Crippen LogP contribution < -0.4 is 5.32 Å². The average molecular weight is 573 g/mol. The van der Waals surface area contributed by atoms with Gasteiger partial charge in [0.1, 0.15) is 11.5 Å². The Kier molecular flexibility index (Phi) is 8.61. The topological polar surface area (TPSA) is 87.0 Å². The third-order valence-corrected chi connectivity index (χ3v) is 8.10. The summed E-state index contributed by atoms with van der Waals surface area (Å²) in [7, 11) is 3.56. The van der Waals surface area contributed by atoms with Crippen LogP contribution in [0.15, 0.2) is 72.8 Å². The van der Waals surface area contributed by atoms with Gasteiger partial charge in [-0.1, -0.05) is 55.5 Å². The molecule has 1 aromatic heterocycles. The van der Waals surface area contributed by atoms with Crippen LogP contribution in [0.1, 0.15) is 29.9 Å². The van der Waals surface area contributed by atoms with Gasteiger partial charge in [0, 0.05) is 55.3 Å². The maximum atomic E-state index is 14.4. The van der Waals surface area contributed by atoms with Crippen LogP contribution in [0.5, 0.6) is 0 Å². The van der Waals surface area contributed by atoms with Crippen molar-refractivity contribution < 1.29 is 23.8 Å². The first-order chi connectivity index (χ1) is 20.2. The minimum Gasteiger partial charge on any atom is -0.394 e. The molecule has 0 fully saturated rings. The summed E-state index contributed by atoms with van der Waals surface area (Å²) in [4.78, 5) is 30.7. The Hall–Kier alpha value is -4.21. The first kappa shape index (κ1) is 29.3. The lowest BCUT2D eigenvalue weighted by Gasteiger charge is -2.35. The number of amides is 3. The highest BCUT2D eigenvalue weighted by molar-refractivity contribution is 6.10. The highest BCUT2D eigenvalue weighted by Gasteiger charge is 2.34. The van der Waals surface area contributed by atoms with Crippen LogP contribution in [0.2, 0.25) is 0 Å². The Bertz CT molecular complexity index is 1600. The van der Waals surface area contributed by atoms with E-state index in [0.29, 0.717) is 17.9 Å². The molecule has 9 heteroatoms. The van der Waals surface area contributed by atoms with Crippen molar-refractivity contribution in [3.8, 4) is 11.1 Å². The highest BCUT2D eigenvalue weighted by Crippen LogP contribution is 2.38. The Morgan fingerprint density at radius 1 is 1.14 bits per heavy atom. The van der Waals surface area contributed by atoms with Crippen LogP contribution in [0.3, 0.4) is 0 Å². The number of aliphatic hydroxyl groups excluding tert-OH is 1. The number of fused-ring (bicyclic) bond motifs is 5. The summed E-state index contributed by atoms with van der Waals surface area (Å²) in [6, 6.07) is 20.7. The smallest absolute Gasteiger partial charge is 0.321 e. The van der Waals surface area contributed by atoms with Crippen molar-refractivity contribution in [1.29, 1.82) is 0 Å². The molecule has 3 atom stereocenters. The number of carbonyl (C=O) groups is 2. The average Bonchev–Trinajstić information content (AvgIpc) is 3.28. The predicted octanol–water partition coefficient (Wildman–Crippen LogP) is 5.51. The van der Waals surface area contributed by atoms with Crippen LogP contribution in [0, 0.1) is 11.7 Å². The minimum atomic E-state index is -0.448. The molecule has 2 heterocycles. The number of nitrogens with one attached hydrogen (secondary N) is 1. The fourth-order valence-corrected chi connectivity index (χ4v) is 5.66. The number of nitrogens with zero attached hydrogens (tertiary/aromatic N) is 3. The number of anilines is 1. The summed E-state index contributed by atoms with van der Waals surface area (Å²) in [6.45, 7) is 4.43. The van der Waals surface area contributed by atoms with Gasteiger partial charge < -0.3 is 29.5 Å². The number of halogens is 1. The lowest BCUT2D eigenvalue weighted by atomic mass is 9.96. The van der Waals surface area contributed by atoms with Crippen LogP contribution >= 0.6 is 0 Å². The summed E-state index contributed by atoms with van der Waals surface area (Å²) < 4.78 is 22.1. The van der Waals surface area contributed by atoms with Gasteiger partial charge in [-0.25, -0.2) is 9.18 Å². The second-order valence-corrected chi connectivity index (χ2v) is 11.1. The molecule has 220 valence electrons. The number of hydrogen-bond donors (Lipinski definition) is 2. The van der Waals surface area contributed by atoms with E-state index >= 15 is 0 Å². The molecule has 0 spiro atoms. The van der Waals surface area contributed by atoms with Crippen molar-refractivity contribution in [2.45, 2.75) is 32.6 Å². The van der Waals surface area contributed by atoms with E-state index in [9.17, 15) is 19.1 Å². The number of aromatic nitrogens is 1. The molecule has 0 saturated carbocycles. The Balaban J connectivity index is 1.53. The molecule has 0 radical (unpaired) electrons. The van der Waals surface area contributed by atoms with Gasteiger partial charge in [-0.2, -0.15) is 0 Å². The molecule has 0 saturated heterocycles. The first-order valence-corrected chi connectivity index (χ1v) is 14.2. The molecule has 0 unspecified atom stereocenters. The Morgan fingerprint density at radius 3 is 2.64 bits per heavy atom. The first-order valence-electron chi connectivity index (χ1n) is 14.2. The van der Waals surface area contributed by atoms with Gasteiger partial charge in [0.2, 0.25) is 0 Å². The quantitative estimate of drug-likeness (QED) is 0.330. The molecule has 0 bridgehead atoms. The van der Waals surface area contributed by atoms with Crippen LogP contribution in [0.25, 0.3) is 22.0 Å². The zero-order valence-corrected chi connectivity index (χ0v) is 24.4. The maximum absolute atomic E-state index is 14.4. The molecule has 3 aromatic carbocycles. The number of rotatable bonds is 5. The zero-order valence-electron chi connectivity index (χ0n) is 24.4. The van der Waals surface area contributed by atoms with E-state index in [1.807, 2.05) is 74.0 Å². The molecule has 1 aliphatic heterocycles. The van der Waals surface area contributed by atoms with E-state index in [1.54, 1.807) is 18.0 Å². The van der Waals surface area contributed by atoms with E-state index in [4.69, 9.17) is 4.74 Å². The summed E-state index contributed by atoms with van der Waals surface area (Å²) in [6.07, 6.45) is -0.444. The maximum Gasteiger partial charge on any atom is 0.321 e. The van der Waals surface area contributed by atoms with Gasteiger partial charge in [0.05, 0.1) is 25.4 Å². The molecule has 3 amide bonds. The van der Waals surface area contributed by atoms with Crippen molar-refractivity contribution in [1.82, 2.24) is 14.4 Å². The third kappa shape index (κ3) is 5.75. The number of benzene rings is 3. The molecule has 42 heavy (non-hydrogen) atoms. The monoisotopic (exact) mass is 572 g/mol. The SMILES string of the molecule is C[C@H](CO)N1C[C@H](C)[C@@H](CN(C)C(=O)Nc2cccc(F)c2)OCc2ccccc2-c2c(n(C)c3ccccc23)C1=O. The highest BCUT2D eigenvalue weighted by atomic mass is 19.1. The van der Waals surface area contributed by atoms with Crippen molar-refractivity contribution in [2.75, 3.05) is 32.1 Å². The predicted molar refractivity (Wildman–Crippen MR) is 162 cm³/mol. The molecule has 8 nitrogen and oxygen atoms in total. The number of aryl methyl sites for hydroxylation is 1. The summed E-state index contributed by atoms with van der Waals surface area (Å²) in [5, 5.41) is 13.9. The fourth-order valence-electron chi connectivity index (χ4n) is 5.66. The second kappa shape index (κ2) is 12.3. The van der Waals surface area contributed by atoms with Crippen molar-refractivity contribution in [3.63, 3.8) is 0 Å². The summed E-state index contributed by atoms with van der Waals surface area (Å²) in [5.41, 5.74) is 4.52. The largest absolute Gasteiger partial charge is 0.394 e. The lowest BCUT2D eigenvalue weighted by Crippen LogP contribution is -2.48. The molecular weight excluding hydrogens is 535 g/mol. The van der Waals surface area contributed by atoms with E-state index in [0.717, 1.165) is 27.6 Å². The Labute approximate surface area is 245 Å². The van der Waals surface area contributed by atoms with E-state index in [-0.39, 0.29) is 31.6 Å². The normalized spacial score (nSPS) is 18.1. The molecule has 4 aromatic rings. The van der Waals surface area contributed by atoms with E-state index in [1.165, 1.54) is 23.1 Å². The van der Waals surface area contributed by atoms with Gasteiger partial charge in [-0.3, -0.25) is 4.79 Å². The third-order valence-electron chi connectivity index (χ3n) is 8.10. The molecule has 5 rings (SSSR count). The summed E-state index contributed by atoms with van der Waals surface area (Å²) in [5.74, 6) is -0.813. The van der Waals surface area contributed by atoms with Gasteiger partial charge in [0.15, 0.2) is 0 Å². The van der Waals surface area contributed by atoms with E-state index < -0.39 is 24.0 Å². The van der Waals surface area contributed by atoms with Crippen molar-refractivity contribution in [2.24, 2.45) is 13.0 Å².